The highest BCUT2D eigenvalue weighted by atomic mass is 32.1. The lowest BCUT2D eigenvalue weighted by atomic mass is 10.1. The Bertz CT molecular complexity index is 1240. The minimum Gasteiger partial charge on any atom is -0.340 e. The number of hydrogen-bond donors (Lipinski definition) is 1. The first-order valence-corrected chi connectivity index (χ1v) is 10.2. The third-order valence-corrected chi connectivity index (χ3v) is 5.89. The number of Topliss-reactive ketones (excluding diaryl/α,β-unsaturated/α-hetero) is 1. The van der Waals surface area contributed by atoms with Crippen molar-refractivity contribution in [1.82, 2.24) is 9.55 Å². The van der Waals surface area contributed by atoms with Gasteiger partial charge in [0.2, 0.25) is 0 Å². The predicted molar refractivity (Wildman–Crippen MR) is 117 cm³/mol. The highest BCUT2D eigenvalue weighted by Gasteiger charge is 2.21. The van der Waals surface area contributed by atoms with Crippen LogP contribution in [0.25, 0.3) is 10.2 Å². The molecule has 4 aromatic rings. The summed E-state index contributed by atoms with van der Waals surface area (Å²) in [4.78, 5) is 29.7. The SMILES string of the molecule is Cc1ccc2nc(NC(=O)C(=O)c3cccn3Cc3ccc(C)c(C)c3)sc2c1. The summed E-state index contributed by atoms with van der Waals surface area (Å²) < 4.78 is 2.78. The van der Waals surface area contributed by atoms with Gasteiger partial charge in [0.15, 0.2) is 5.13 Å². The van der Waals surface area contributed by atoms with Gasteiger partial charge in [0.25, 0.3) is 11.7 Å². The van der Waals surface area contributed by atoms with Gasteiger partial charge in [-0.25, -0.2) is 4.98 Å². The van der Waals surface area contributed by atoms with Gasteiger partial charge in [-0.05, 0) is 67.3 Å². The van der Waals surface area contributed by atoms with Crippen molar-refractivity contribution in [2.24, 2.45) is 0 Å². The first-order valence-electron chi connectivity index (χ1n) is 9.35. The Labute approximate surface area is 173 Å². The number of ketones is 1. The maximum Gasteiger partial charge on any atom is 0.300 e. The number of nitrogens with zero attached hydrogens (tertiary/aromatic N) is 2. The molecule has 29 heavy (non-hydrogen) atoms. The molecule has 1 amide bonds. The average molecular weight is 404 g/mol. The largest absolute Gasteiger partial charge is 0.340 e. The Morgan fingerprint density at radius 1 is 1.03 bits per heavy atom. The van der Waals surface area contributed by atoms with E-state index in [4.69, 9.17) is 0 Å². The number of fused-ring (bicyclic) bond motifs is 1. The lowest BCUT2D eigenvalue weighted by Gasteiger charge is -2.10. The molecule has 2 aromatic heterocycles. The summed E-state index contributed by atoms with van der Waals surface area (Å²) in [5.74, 6) is -1.25. The second kappa shape index (κ2) is 7.64. The summed E-state index contributed by atoms with van der Waals surface area (Å²) in [6.45, 7) is 6.67. The van der Waals surface area contributed by atoms with E-state index in [0.717, 1.165) is 21.3 Å². The molecule has 0 saturated heterocycles. The zero-order chi connectivity index (χ0) is 20.5. The van der Waals surface area contributed by atoms with Crippen LogP contribution in [0.2, 0.25) is 0 Å². The molecule has 0 aliphatic rings. The Morgan fingerprint density at radius 2 is 1.86 bits per heavy atom. The molecule has 0 spiro atoms. The van der Waals surface area contributed by atoms with Crippen molar-refractivity contribution in [3.8, 4) is 0 Å². The smallest absolute Gasteiger partial charge is 0.300 e. The van der Waals surface area contributed by atoms with E-state index in [0.29, 0.717) is 17.4 Å². The Kier molecular flexibility index (Phi) is 5.03. The van der Waals surface area contributed by atoms with Gasteiger partial charge in [0.05, 0.1) is 15.9 Å². The summed E-state index contributed by atoms with van der Waals surface area (Å²) in [5, 5.41) is 3.08. The fourth-order valence-electron chi connectivity index (χ4n) is 3.21. The molecule has 146 valence electrons. The molecule has 6 heteroatoms. The van der Waals surface area contributed by atoms with Crippen LogP contribution in [0.1, 0.15) is 32.7 Å². The third-order valence-electron chi connectivity index (χ3n) is 4.96. The molecule has 5 nitrogen and oxygen atoms in total. The minimum absolute atomic E-state index is 0.359. The van der Waals surface area contributed by atoms with E-state index in [1.165, 1.54) is 22.5 Å². The second-order valence-electron chi connectivity index (χ2n) is 7.21. The molecule has 0 bridgehead atoms. The van der Waals surface area contributed by atoms with Gasteiger partial charge in [-0.2, -0.15) is 0 Å². The van der Waals surface area contributed by atoms with Crippen LogP contribution < -0.4 is 5.32 Å². The van der Waals surface area contributed by atoms with E-state index in [1.54, 1.807) is 16.7 Å². The van der Waals surface area contributed by atoms with E-state index in [-0.39, 0.29) is 0 Å². The highest BCUT2D eigenvalue weighted by Crippen LogP contribution is 2.26. The first kappa shape index (κ1) is 19.1. The zero-order valence-corrected chi connectivity index (χ0v) is 17.3. The Morgan fingerprint density at radius 3 is 2.66 bits per heavy atom. The number of carbonyl (C=O) groups excluding carboxylic acids is 2. The van der Waals surface area contributed by atoms with Crippen LogP contribution in [-0.2, 0) is 11.3 Å². The highest BCUT2D eigenvalue weighted by molar-refractivity contribution is 7.22. The van der Waals surface area contributed by atoms with Gasteiger partial charge in [-0.3, -0.25) is 14.9 Å². The van der Waals surface area contributed by atoms with Crippen LogP contribution in [0.3, 0.4) is 0 Å². The summed E-state index contributed by atoms with van der Waals surface area (Å²) in [6, 6.07) is 15.6. The maximum absolute atomic E-state index is 12.8. The average Bonchev–Trinajstić information content (AvgIpc) is 3.30. The predicted octanol–water partition coefficient (Wildman–Crippen LogP) is 4.89. The van der Waals surface area contributed by atoms with E-state index in [9.17, 15) is 9.59 Å². The molecule has 0 aliphatic carbocycles. The molecular formula is C23H21N3O2S. The number of nitrogens with one attached hydrogen (secondary N) is 1. The van der Waals surface area contributed by atoms with Crippen LogP contribution >= 0.6 is 11.3 Å². The van der Waals surface area contributed by atoms with Crippen LogP contribution in [-0.4, -0.2) is 21.2 Å². The fraction of sp³-hybridized carbons (Fsp3) is 0.174. The van der Waals surface area contributed by atoms with E-state index in [1.807, 2.05) is 37.4 Å². The number of rotatable bonds is 5. The summed E-state index contributed by atoms with van der Waals surface area (Å²) in [7, 11) is 0. The molecule has 0 radical (unpaired) electrons. The molecule has 0 saturated carbocycles. The molecule has 1 N–H and O–H groups in total. The molecule has 4 rings (SSSR count). The van der Waals surface area contributed by atoms with Gasteiger partial charge >= 0.3 is 0 Å². The molecule has 0 atom stereocenters. The van der Waals surface area contributed by atoms with E-state index in [2.05, 4.69) is 36.3 Å². The van der Waals surface area contributed by atoms with Crippen LogP contribution in [0.4, 0.5) is 5.13 Å². The van der Waals surface area contributed by atoms with Crippen molar-refractivity contribution in [2.75, 3.05) is 5.32 Å². The van der Waals surface area contributed by atoms with Crippen molar-refractivity contribution in [1.29, 1.82) is 0 Å². The van der Waals surface area contributed by atoms with Gasteiger partial charge < -0.3 is 4.57 Å². The Hall–Kier alpha value is -3.25. The standard InChI is InChI=1S/C23H21N3O2S/c1-14-6-9-18-20(11-14)29-23(24-18)25-22(28)21(27)19-5-4-10-26(19)13-17-8-7-15(2)16(3)12-17/h4-12H,13H2,1-3H3,(H,24,25,28). The van der Waals surface area contributed by atoms with Crippen molar-refractivity contribution >= 4 is 38.4 Å². The zero-order valence-electron chi connectivity index (χ0n) is 16.5. The van der Waals surface area contributed by atoms with Crippen LogP contribution in [0.5, 0.6) is 0 Å². The topological polar surface area (TPSA) is 64.0 Å². The van der Waals surface area contributed by atoms with E-state index < -0.39 is 11.7 Å². The number of aryl methyl sites for hydroxylation is 3. The minimum atomic E-state index is -0.680. The second-order valence-corrected chi connectivity index (χ2v) is 8.24. The summed E-state index contributed by atoms with van der Waals surface area (Å²) in [6.07, 6.45) is 1.82. The quantitative estimate of drug-likeness (QED) is 0.381. The summed E-state index contributed by atoms with van der Waals surface area (Å²) >= 11 is 1.36. The van der Waals surface area contributed by atoms with Crippen molar-refractivity contribution in [3.05, 3.63) is 82.7 Å². The molecule has 0 aliphatic heterocycles. The van der Waals surface area contributed by atoms with Gasteiger partial charge in [0.1, 0.15) is 0 Å². The van der Waals surface area contributed by atoms with Crippen LogP contribution in [0, 0.1) is 20.8 Å². The lowest BCUT2D eigenvalue weighted by Crippen LogP contribution is -2.25. The number of anilines is 1. The van der Waals surface area contributed by atoms with Gasteiger partial charge in [-0.15, -0.1) is 0 Å². The Balaban J connectivity index is 1.52. The number of aromatic nitrogens is 2. The fourth-order valence-corrected chi connectivity index (χ4v) is 4.17. The normalized spacial score (nSPS) is 11.0. The van der Waals surface area contributed by atoms with Gasteiger partial charge in [0, 0.05) is 12.7 Å². The number of benzene rings is 2. The maximum atomic E-state index is 12.8. The number of hydrogen-bond acceptors (Lipinski definition) is 4. The number of carbonyl (C=O) groups is 2. The monoisotopic (exact) mass is 403 g/mol. The first-order chi connectivity index (χ1) is 13.9. The summed E-state index contributed by atoms with van der Waals surface area (Å²) in [5.41, 5.74) is 5.80. The third kappa shape index (κ3) is 3.98. The molecular weight excluding hydrogens is 382 g/mol. The van der Waals surface area contributed by atoms with Crippen molar-refractivity contribution < 1.29 is 9.59 Å². The van der Waals surface area contributed by atoms with Crippen LogP contribution in [0.15, 0.2) is 54.7 Å². The lowest BCUT2D eigenvalue weighted by molar-refractivity contribution is -0.112. The molecule has 0 unspecified atom stereocenters. The van der Waals surface area contributed by atoms with Crippen molar-refractivity contribution in [2.45, 2.75) is 27.3 Å². The molecule has 2 aromatic carbocycles. The number of amides is 1. The van der Waals surface area contributed by atoms with E-state index >= 15 is 0 Å². The van der Waals surface area contributed by atoms with Crippen molar-refractivity contribution in [3.63, 3.8) is 0 Å². The van der Waals surface area contributed by atoms with Gasteiger partial charge in [-0.1, -0.05) is 35.6 Å². The molecule has 2 heterocycles. The molecule has 0 fully saturated rings. The number of thiazole rings is 1.